The van der Waals surface area contributed by atoms with Crippen molar-refractivity contribution in [2.24, 2.45) is 5.92 Å². The van der Waals surface area contributed by atoms with Gasteiger partial charge in [0.15, 0.2) is 0 Å². The first-order valence-electron chi connectivity index (χ1n) is 10.2. The van der Waals surface area contributed by atoms with Gasteiger partial charge in [-0.3, -0.25) is 19.2 Å². The van der Waals surface area contributed by atoms with E-state index in [1.54, 1.807) is 53.4 Å². The fraction of sp³-hybridized carbons (Fsp3) is 0.304. The molecule has 0 aliphatic carbocycles. The van der Waals surface area contributed by atoms with Crippen LogP contribution in [0.15, 0.2) is 48.5 Å². The molecular formula is C23H23N3O4. The first-order chi connectivity index (χ1) is 14.5. The molecule has 2 aromatic rings. The van der Waals surface area contributed by atoms with E-state index in [2.05, 4.69) is 5.32 Å². The Morgan fingerprint density at radius 1 is 1.03 bits per heavy atom. The van der Waals surface area contributed by atoms with Crippen molar-refractivity contribution >= 4 is 35.0 Å². The van der Waals surface area contributed by atoms with Crippen LogP contribution in [0, 0.1) is 5.92 Å². The van der Waals surface area contributed by atoms with Crippen LogP contribution >= 0.6 is 0 Å². The molecule has 1 fully saturated rings. The summed E-state index contributed by atoms with van der Waals surface area (Å²) in [5.74, 6) is -1.14. The molecule has 2 aromatic carbocycles. The second kappa shape index (κ2) is 8.10. The molecule has 1 saturated heterocycles. The van der Waals surface area contributed by atoms with E-state index in [0.29, 0.717) is 42.0 Å². The summed E-state index contributed by atoms with van der Waals surface area (Å²) in [4.78, 5) is 53.0. The van der Waals surface area contributed by atoms with Gasteiger partial charge in [-0.05, 0) is 43.2 Å². The van der Waals surface area contributed by atoms with E-state index in [0.717, 1.165) is 17.7 Å². The van der Waals surface area contributed by atoms with Gasteiger partial charge in [0.2, 0.25) is 11.8 Å². The summed E-state index contributed by atoms with van der Waals surface area (Å²) in [6.07, 6.45) is 1.94. The van der Waals surface area contributed by atoms with Crippen LogP contribution < -0.4 is 10.2 Å². The van der Waals surface area contributed by atoms with Crippen molar-refractivity contribution in [2.45, 2.75) is 26.2 Å². The predicted molar refractivity (Wildman–Crippen MR) is 112 cm³/mol. The molecule has 0 saturated carbocycles. The maximum Gasteiger partial charge on any atom is 0.266 e. The van der Waals surface area contributed by atoms with Gasteiger partial charge in [-0.15, -0.1) is 0 Å². The number of rotatable bonds is 4. The van der Waals surface area contributed by atoms with Gasteiger partial charge in [0.25, 0.3) is 11.8 Å². The number of carbonyl (C=O) groups is 4. The first kappa shape index (κ1) is 19.8. The summed E-state index contributed by atoms with van der Waals surface area (Å²) in [6.45, 7) is 2.92. The zero-order valence-electron chi connectivity index (χ0n) is 16.8. The molecule has 154 valence electrons. The van der Waals surface area contributed by atoms with Gasteiger partial charge in [-0.1, -0.05) is 25.1 Å². The smallest absolute Gasteiger partial charge is 0.266 e. The molecule has 0 spiro atoms. The molecule has 0 radical (unpaired) electrons. The fourth-order valence-corrected chi connectivity index (χ4v) is 4.03. The van der Waals surface area contributed by atoms with Gasteiger partial charge in [-0.25, -0.2) is 4.90 Å². The summed E-state index contributed by atoms with van der Waals surface area (Å²) in [7, 11) is 0. The Kier molecular flexibility index (Phi) is 5.35. The van der Waals surface area contributed by atoms with Crippen molar-refractivity contribution in [1.82, 2.24) is 4.90 Å². The molecule has 1 atom stereocenters. The van der Waals surface area contributed by atoms with Crippen molar-refractivity contribution in [1.29, 1.82) is 0 Å². The fourth-order valence-electron chi connectivity index (χ4n) is 4.03. The summed E-state index contributed by atoms with van der Waals surface area (Å²) >= 11 is 0. The number of anilines is 2. The van der Waals surface area contributed by atoms with Crippen molar-refractivity contribution < 1.29 is 19.2 Å². The number of benzene rings is 2. The molecule has 30 heavy (non-hydrogen) atoms. The maximum absolute atomic E-state index is 12.8. The van der Waals surface area contributed by atoms with E-state index in [4.69, 9.17) is 0 Å². The Morgan fingerprint density at radius 3 is 2.40 bits per heavy atom. The third-order valence-electron chi connectivity index (χ3n) is 5.61. The van der Waals surface area contributed by atoms with Crippen LogP contribution in [0.2, 0.25) is 0 Å². The van der Waals surface area contributed by atoms with Gasteiger partial charge in [0, 0.05) is 25.2 Å². The van der Waals surface area contributed by atoms with Crippen LogP contribution in [0.25, 0.3) is 0 Å². The lowest BCUT2D eigenvalue weighted by Gasteiger charge is -2.32. The van der Waals surface area contributed by atoms with Crippen molar-refractivity contribution in [3.8, 4) is 0 Å². The van der Waals surface area contributed by atoms with E-state index < -0.39 is 0 Å². The summed E-state index contributed by atoms with van der Waals surface area (Å²) < 4.78 is 0. The van der Waals surface area contributed by atoms with E-state index in [9.17, 15) is 19.2 Å². The maximum atomic E-state index is 12.8. The lowest BCUT2D eigenvalue weighted by atomic mass is 9.96. The second-order valence-electron chi connectivity index (χ2n) is 7.56. The highest BCUT2D eigenvalue weighted by Gasteiger charge is 2.36. The lowest BCUT2D eigenvalue weighted by molar-refractivity contribution is -0.134. The largest absolute Gasteiger partial charge is 0.342 e. The Hall–Kier alpha value is -3.48. The summed E-state index contributed by atoms with van der Waals surface area (Å²) in [5, 5.41) is 2.88. The number of hydrogen-bond acceptors (Lipinski definition) is 4. The van der Waals surface area contributed by atoms with Crippen LogP contribution in [-0.2, 0) is 9.59 Å². The minimum atomic E-state index is -0.375. The number of amides is 4. The van der Waals surface area contributed by atoms with E-state index in [1.807, 2.05) is 6.92 Å². The number of nitrogens with zero attached hydrogens (tertiary/aromatic N) is 2. The van der Waals surface area contributed by atoms with E-state index in [1.165, 1.54) is 0 Å². The van der Waals surface area contributed by atoms with Gasteiger partial charge in [0.05, 0.1) is 22.7 Å². The van der Waals surface area contributed by atoms with Crippen LogP contribution in [-0.4, -0.2) is 41.6 Å². The average molecular weight is 405 g/mol. The lowest BCUT2D eigenvalue weighted by Crippen LogP contribution is -2.43. The monoisotopic (exact) mass is 405 g/mol. The molecule has 4 amide bonds. The predicted octanol–water partition coefficient (Wildman–Crippen LogP) is 3.07. The van der Waals surface area contributed by atoms with Crippen LogP contribution in [0.1, 0.15) is 46.9 Å². The molecule has 1 N–H and O–H groups in total. The highest BCUT2D eigenvalue weighted by molar-refractivity contribution is 6.34. The average Bonchev–Trinajstić information content (AvgIpc) is 3.04. The summed E-state index contributed by atoms with van der Waals surface area (Å²) in [6, 6.07) is 13.4. The molecule has 0 bridgehead atoms. The summed E-state index contributed by atoms with van der Waals surface area (Å²) in [5.41, 5.74) is 1.66. The molecule has 4 rings (SSSR count). The Labute approximate surface area is 174 Å². The number of piperidine rings is 1. The molecule has 7 heteroatoms. The first-order valence-corrected chi connectivity index (χ1v) is 10.2. The molecule has 7 nitrogen and oxygen atoms in total. The Balaban J connectivity index is 1.49. The van der Waals surface area contributed by atoms with Crippen molar-refractivity contribution in [3.63, 3.8) is 0 Å². The van der Waals surface area contributed by atoms with Crippen molar-refractivity contribution in [2.75, 3.05) is 23.3 Å². The van der Waals surface area contributed by atoms with Gasteiger partial charge in [-0.2, -0.15) is 0 Å². The zero-order chi connectivity index (χ0) is 21.3. The molecule has 0 aromatic heterocycles. The molecule has 2 aliphatic heterocycles. The highest BCUT2D eigenvalue weighted by Crippen LogP contribution is 2.30. The number of likely N-dealkylation sites (tertiary alicyclic amines) is 1. The second-order valence-corrected chi connectivity index (χ2v) is 7.56. The van der Waals surface area contributed by atoms with Crippen molar-refractivity contribution in [3.05, 3.63) is 59.7 Å². The van der Waals surface area contributed by atoms with Crippen LogP contribution in [0.5, 0.6) is 0 Å². The van der Waals surface area contributed by atoms with E-state index >= 15 is 0 Å². The number of fused-ring (bicyclic) bond motifs is 1. The van der Waals surface area contributed by atoms with Crippen LogP contribution in [0.4, 0.5) is 11.4 Å². The van der Waals surface area contributed by atoms with E-state index in [-0.39, 0.29) is 29.5 Å². The zero-order valence-corrected chi connectivity index (χ0v) is 16.8. The minimum Gasteiger partial charge on any atom is -0.342 e. The Bertz CT molecular complexity index is 998. The normalized spacial score (nSPS) is 18.4. The number of hydrogen-bond donors (Lipinski definition) is 1. The van der Waals surface area contributed by atoms with Gasteiger partial charge in [0.1, 0.15) is 0 Å². The molecule has 1 unspecified atom stereocenters. The minimum absolute atomic E-state index is 0.0557. The highest BCUT2D eigenvalue weighted by atomic mass is 16.2. The third-order valence-corrected chi connectivity index (χ3v) is 5.61. The SMILES string of the molecule is CCC(=O)N1CCCC(C(=O)Nc2cccc(N3C(=O)c4ccccc4C3=O)c2)C1. The molecule has 2 aliphatic rings. The third kappa shape index (κ3) is 3.58. The quantitative estimate of drug-likeness (QED) is 0.792. The molecule has 2 heterocycles. The Morgan fingerprint density at radius 2 is 1.73 bits per heavy atom. The van der Waals surface area contributed by atoms with Gasteiger partial charge < -0.3 is 10.2 Å². The van der Waals surface area contributed by atoms with Gasteiger partial charge >= 0.3 is 0 Å². The topological polar surface area (TPSA) is 86.8 Å². The number of imide groups is 1. The number of carbonyl (C=O) groups excluding carboxylic acids is 4. The van der Waals surface area contributed by atoms with Crippen LogP contribution in [0.3, 0.4) is 0 Å². The molecular weight excluding hydrogens is 382 g/mol. The standard InChI is InChI=1S/C23H23N3O4/c1-2-20(27)25-12-6-7-15(14-25)21(28)24-16-8-5-9-17(13-16)26-22(29)18-10-3-4-11-19(18)23(26)30/h3-5,8-11,13,15H,2,6-7,12,14H2,1H3,(H,24,28). The number of nitrogens with one attached hydrogen (secondary N) is 1.